The SMILES string of the molecule is Cc1ccc(NCC(C)CO)cc1F. The highest BCUT2D eigenvalue weighted by atomic mass is 19.1. The number of benzene rings is 1. The Morgan fingerprint density at radius 2 is 2.21 bits per heavy atom. The van der Waals surface area contributed by atoms with Crippen LogP contribution in [0, 0.1) is 18.7 Å². The molecule has 0 saturated heterocycles. The van der Waals surface area contributed by atoms with Crippen molar-refractivity contribution in [1.29, 1.82) is 0 Å². The maximum atomic E-state index is 13.1. The molecule has 0 aromatic heterocycles. The number of hydrogen-bond acceptors (Lipinski definition) is 2. The van der Waals surface area contributed by atoms with E-state index in [9.17, 15) is 4.39 Å². The molecule has 0 bridgehead atoms. The monoisotopic (exact) mass is 197 g/mol. The van der Waals surface area contributed by atoms with Gasteiger partial charge in [-0.15, -0.1) is 0 Å². The van der Waals surface area contributed by atoms with Crippen LogP contribution in [-0.2, 0) is 0 Å². The van der Waals surface area contributed by atoms with E-state index in [0.717, 1.165) is 5.69 Å². The van der Waals surface area contributed by atoms with Gasteiger partial charge >= 0.3 is 0 Å². The third-order valence-electron chi connectivity index (χ3n) is 2.14. The lowest BCUT2D eigenvalue weighted by atomic mass is 10.2. The molecule has 14 heavy (non-hydrogen) atoms. The molecule has 2 nitrogen and oxygen atoms in total. The molecule has 1 atom stereocenters. The van der Waals surface area contributed by atoms with E-state index in [4.69, 9.17) is 5.11 Å². The maximum Gasteiger partial charge on any atom is 0.128 e. The first-order valence-corrected chi connectivity index (χ1v) is 4.74. The summed E-state index contributed by atoms with van der Waals surface area (Å²) in [4.78, 5) is 0. The van der Waals surface area contributed by atoms with Crippen LogP contribution in [0.3, 0.4) is 0 Å². The molecule has 0 heterocycles. The molecule has 1 aromatic carbocycles. The highest BCUT2D eigenvalue weighted by Crippen LogP contribution is 2.13. The molecule has 1 rings (SSSR count). The molecule has 1 aromatic rings. The molecule has 2 N–H and O–H groups in total. The van der Waals surface area contributed by atoms with Crippen LogP contribution in [0.1, 0.15) is 12.5 Å². The minimum absolute atomic E-state index is 0.140. The normalized spacial score (nSPS) is 12.6. The first-order chi connectivity index (χ1) is 6.63. The molecule has 0 saturated carbocycles. The first kappa shape index (κ1) is 11.0. The number of aryl methyl sites for hydroxylation is 1. The van der Waals surface area contributed by atoms with Crippen molar-refractivity contribution in [2.75, 3.05) is 18.5 Å². The lowest BCUT2D eigenvalue weighted by Gasteiger charge is -2.11. The van der Waals surface area contributed by atoms with E-state index in [-0.39, 0.29) is 18.3 Å². The minimum atomic E-state index is -0.202. The van der Waals surface area contributed by atoms with Crippen LogP contribution in [-0.4, -0.2) is 18.3 Å². The Labute approximate surface area is 83.8 Å². The number of aliphatic hydroxyl groups excluding tert-OH is 1. The van der Waals surface area contributed by atoms with Crippen molar-refractivity contribution in [3.63, 3.8) is 0 Å². The summed E-state index contributed by atoms with van der Waals surface area (Å²) in [5, 5.41) is 11.9. The number of halogens is 1. The molecule has 0 aliphatic heterocycles. The summed E-state index contributed by atoms with van der Waals surface area (Å²) >= 11 is 0. The van der Waals surface area contributed by atoms with Crippen LogP contribution in [0.25, 0.3) is 0 Å². The van der Waals surface area contributed by atoms with Gasteiger partial charge in [0.05, 0.1) is 0 Å². The average molecular weight is 197 g/mol. The van der Waals surface area contributed by atoms with Gasteiger partial charge in [-0.3, -0.25) is 0 Å². The number of nitrogens with one attached hydrogen (secondary N) is 1. The van der Waals surface area contributed by atoms with Crippen LogP contribution in [0.2, 0.25) is 0 Å². The second-order valence-corrected chi connectivity index (χ2v) is 3.63. The van der Waals surface area contributed by atoms with Gasteiger partial charge in [0.15, 0.2) is 0 Å². The lowest BCUT2D eigenvalue weighted by molar-refractivity contribution is 0.244. The highest BCUT2D eigenvalue weighted by Gasteiger charge is 2.01. The average Bonchev–Trinajstić information content (AvgIpc) is 2.19. The third kappa shape index (κ3) is 3.00. The number of aliphatic hydroxyl groups is 1. The van der Waals surface area contributed by atoms with Gasteiger partial charge in [0.1, 0.15) is 5.82 Å². The Balaban J connectivity index is 2.55. The van der Waals surface area contributed by atoms with Gasteiger partial charge in [0, 0.05) is 18.8 Å². The smallest absolute Gasteiger partial charge is 0.128 e. The predicted octanol–water partition coefficient (Wildman–Crippen LogP) is 2.17. The zero-order valence-electron chi connectivity index (χ0n) is 8.55. The van der Waals surface area contributed by atoms with Gasteiger partial charge in [-0.1, -0.05) is 13.0 Å². The van der Waals surface area contributed by atoms with Crippen molar-refractivity contribution in [2.45, 2.75) is 13.8 Å². The zero-order valence-corrected chi connectivity index (χ0v) is 8.55. The van der Waals surface area contributed by atoms with E-state index in [2.05, 4.69) is 5.32 Å². The van der Waals surface area contributed by atoms with Crippen molar-refractivity contribution < 1.29 is 9.50 Å². The van der Waals surface area contributed by atoms with E-state index in [1.165, 1.54) is 6.07 Å². The van der Waals surface area contributed by atoms with Crippen LogP contribution in [0.4, 0.5) is 10.1 Å². The van der Waals surface area contributed by atoms with Crippen LogP contribution in [0.15, 0.2) is 18.2 Å². The van der Waals surface area contributed by atoms with Crippen molar-refractivity contribution >= 4 is 5.69 Å². The first-order valence-electron chi connectivity index (χ1n) is 4.74. The zero-order chi connectivity index (χ0) is 10.6. The Bertz CT molecular complexity index is 301. The molecule has 0 spiro atoms. The summed E-state index contributed by atoms with van der Waals surface area (Å²) < 4.78 is 13.1. The molecule has 0 aliphatic rings. The predicted molar refractivity (Wildman–Crippen MR) is 55.9 cm³/mol. The summed E-state index contributed by atoms with van der Waals surface area (Å²) in [5.41, 5.74) is 1.40. The molecule has 0 aliphatic carbocycles. The molecule has 78 valence electrons. The van der Waals surface area contributed by atoms with E-state index >= 15 is 0 Å². The van der Waals surface area contributed by atoms with Crippen molar-refractivity contribution in [3.8, 4) is 0 Å². The van der Waals surface area contributed by atoms with Crippen molar-refractivity contribution in [1.82, 2.24) is 0 Å². The van der Waals surface area contributed by atoms with E-state index < -0.39 is 0 Å². The van der Waals surface area contributed by atoms with Crippen molar-refractivity contribution in [3.05, 3.63) is 29.6 Å². The largest absolute Gasteiger partial charge is 0.396 e. The number of hydrogen-bond donors (Lipinski definition) is 2. The Morgan fingerprint density at radius 3 is 2.79 bits per heavy atom. The molecule has 1 unspecified atom stereocenters. The fourth-order valence-corrected chi connectivity index (χ4v) is 1.06. The fourth-order valence-electron chi connectivity index (χ4n) is 1.06. The second kappa shape index (κ2) is 4.96. The van der Waals surface area contributed by atoms with E-state index in [1.807, 2.05) is 13.0 Å². The van der Waals surface area contributed by atoms with Crippen LogP contribution < -0.4 is 5.32 Å². The number of rotatable bonds is 4. The molecular weight excluding hydrogens is 181 g/mol. The summed E-state index contributed by atoms with van der Waals surface area (Å²) in [6.45, 7) is 4.45. The Kier molecular flexibility index (Phi) is 3.89. The molecule has 0 fully saturated rings. The van der Waals surface area contributed by atoms with Crippen LogP contribution >= 0.6 is 0 Å². The Hall–Kier alpha value is -1.09. The summed E-state index contributed by atoms with van der Waals surface area (Å²) in [5.74, 6) is -0.0222. The molecular formula is C11H16FNO. The third-order valence-corrected chi connectivity index (χ3v) is 2.14. The van der Waals surface area contributed by atoms with Gasteiger partial charge in [0.25, 0.3) is 0 Å². The van der Waals surface area contributed by atoms with Gasteiger partial charge in [0.2, 0.25) is 0 Å². The lowest BCUT2D eigenvalue weighted by Crippen LogP contribution is -2.14. The van der Waals surface area contributed by atoms with Crippen LogP contribution in [0.5, 0.6) is 0 Å². The second-order valence-electron chi connectivity index (χ2n) is 3.63. The van der Waals surface area contributed by atoms with Gasteiger partial charge in [-0.05, 0) is 30.5 Å². The maximum absolute atomic E-state index is 13.1. The van der Waals surface area contributed by atoms with Gasteiger partial charge < -0.3 is 10.4 Å². The molecule has 0 amide bonds. The number of anilines is 1. The topological polar surface area (TPSA) is 32.3 Å². The van der Waals surface area contributed by atoms with E-state index in [0.29, 0.717) is 12.1 Å². The highest BCUT2D eigenvalue weighted by molar-refractivity contribution is 5.45. The fraction of sp³-hybridized carbons (Fsp3) is 0.455. The van der Waals surface area contributed by atoms with Crippen molar-refractivity contribution in [2.24, 2.45) is 5.92 Å². The summed E-state index contributed by atoms with van der Waals surface area (Å²) in [6, 6.07) is 5.04. The quantitative estimate of drug-likeness (QED) is 0.775. The minimum Gasteiger partial charge on any atom is -0.396 e. The molecule has 3 heteroatoms. The standard InChI is InChI=1S/C11H16FNO/c1-8(7-14)6-13-10-4-3-9(2)11(12)5-10/h3-5,8,13-14H,6-7H2,1-2H3. The Morgan fingerprint density at radius 1 is 1.50 bits per heavy atom. The molecule has 0 radical (unpaired) electrons. The van der Waals surface area contributed by atoms with Gasteiger partial charge in [-0.2, -0.15) is 0 Å². The summed E-state index contributed by atoms with van der Waals surface area (Å²) in [7, 11) is 0. The summed E-state index contributed by atoms with van der Waals surface area (Å²) in [6.07, 6.45) is 0. The van der Waals surface area contributed by atoms with E-state index in [1.54, 1.807) is 13.0 Å². The van der Waals surface area contributed by atoms with Gasteiger partial charge in [-0.25, -0.2) is 4.39 Å².